The summed E-state index contributed by atoms with van der Waals surface area (Å²) in [5, 5.41) is 9.80. The van der Waals surface area contributed by atoms with E-state index in [1.165, 1.54) is 0 Å². The van der Waals surface area contributed by atoms with Gasteiger partial charge in [0.05, 0.1) is 0 Å². The van der Waals surface area contributed by atoms with Crippen molar-refractivity contribution in [3.8, 4) is 11.4 Å². The molecular weight excluding hydrogens is 274 g/mol. The molecule has 7 heteroatoms. The summed E-state index contributed by atoms with van der Waals surface area (Å²) in [5.41, 5.74) is 0.869. The van der Waals surface area contributed by atoms with E-state index in [1.807, 2.05) is 23.6 Å². The second-order valence-corrected chi connectivity index (χ2v) is 4.73. The molecule has 0 aliphatic carbocycles. The number of hydrogen-bond acceptors (Lipinski definition) is 4. The zero-order valence-corrected chi connectivity index (χ0v) is 12.1. The quantitative estimate of drug-likeness (QED) is 0.797. The Balaban J connectivity index is 2.11. The number of aromatic nitrogens is 4. The summed E-state index contributed by atoms with van der Waals surface area (Å²) < 4.78 is 2.32. The summed E-state index contributed by atoms with van der Waals surface area (Å²) in [4.78, 5) is 15.7. The first-order valence-electron chi connectivity index (χ1n) is 6.54. The van der Waals surface area contributed by atoms with Crippen LogP contribution in [0.4, 0.5) is 0 Å². The molecule has 6 nitrogen and oxygen atoms in total. The van der Waals surface area contributed by atoms with Gasteiger partial charge < -0.3 is 5.32 Å². The maximum absolute atomic E-state index is 11.7. The minimum absolute atomic E-state index is 0.0205. The Labute approximate surface area is 122 Å². The van der Waals surface area contributed by atoms with Gasteiger partial charge in [-0.2, -0.15) is 5.10 Å². The van der Waals surface area contributed by atoms with Crippen molar-refractivity contribution >= 4 is 18.1 Å². The summed E-state index contributed by atoms with van der Waals surface area (Å²) in [6.45, 7) is 3.22. The molecule has 0 fully saturated rings. The van der Waals surface area contributed by atoms with Gasteiger partial charge in [0.15, 0.2) is 10.6 Å². The predicted octanol–water partition coefficient (Wildman–Crippen LogP) is 1.92. The fourth-order valence-electron chi connectivity index (χ4n) is 1.81. The topological polar surface area (TPSA) is 75.6 Å². The highest BCUT2D eigenvalue weighted by Gasteiger charge is 2.10. The van der Waals surface area contributed by atoms with Crippen molar-refractivity contribution in [3.63, 3.8) is 0 Å². The van der Waals surface area contributed by atoms with Gasteiger partial charge in [0.1, 0.15) is 0 Å². The summed E-state index contributed by atoms with van der Waals surface area (Å²) in [5.74, 6) is 0.721. The van der Waals surface area contributed by atoms with E-state index in [0.717, 1.165) is 12.0 Å². The van der Waals surface area contributed by atoms with Gasteiger partial charge >= 0.3 is 0 Å². The van der Waals surface area contributed by atoms with E-state index in [4.69, 9.17) is 12.2 Å². The Kier molecular flexibility index (Phi) is 5.00. The molecule has 0 aromatic carbocycles. The fourth-order valence-corrected chi connectivity index (χ4v) is 2.03. The molecule has 0 spiro atoms. The lowest BCUT2D eigenvalue weighted by Crippen LogP contribution is -2.25. The van der Waals surface area contributed by atoms with Crippen LogP contribution in [0.25, 0.3) is 11.4 Å². The lowest BCUT2D eigenvalue weighted by atomic mass is 10.2. The molecule has 0 unspecified atom stereocenters. The third-order valence-corrected chi connectivity index (χ3v) is 3.12. The number of nitrogens with zero attached hydrogens (tertiary/aromatic N) is 3. The Bertz CT molecular complexity index is 619. The SMILES string of the molecule is CCCNC(=O)CCn1c(-c2cccnc2)n[nH]c1=S. The van der Waals surface area contributed by atoms with E-state index in [-0.39, 0.29) is 5.91 Å². The third kappa shape index (κ3) is 3.51. The molecule has 2 aromatic heterocycles. The van der Waals surface area contributed by atoms with Crippen molar-refractivity contribution in [2.24, 2.45) is 0 Å². The minimum atomic E-state index is 0.0205. The van der Waals surface area contributed by atoms with Crippen molar-refractivity contribution in [1.29, 1.82) is 0 Å². The summed E-state index contributed by atoms with van der Waals surface area (Å²) >= 11 is 5.21. The minimum Gasteiger partial charge on any atom is -0.356 e. The van der Waals surface area contributed by atoms with Crippen LogP contribution < -0.4 is 5.32 Å². The molecule has 0 saturated heterocycles. The van der Waals surface area contributed by atoms with Crippen LogP contribution in [0.2, 0.25) is 0 Å². The number of pyridine rings is 1. The highest BCUT2D eigenvalue weighted by Crippen LogP contribution is 2.15. The highest BCUT2D eigenvalue weighted by atomic mass is 32.1. The molecule has 2 rings (SSSR count). The van der Waals surface area contributed by atoms with E-state index in [1.54, 1.807) is 12.4 Å². The first-order chi connectivity index (χ1) is 9.72. The van der Waals surface area contributed by atoms with Crippen LogP contribution in [-0.4, -0.2) is 32.2 Å². The van der Waals surface area contributed by atoms with Crippen LogP contribution in [0, 0.1) is 4.77 Å². The average Bonchev–Trinajstić information content (AvgIpc) is 2.85. The number of H-pyrrole nitrogens is 1. The average molecular weight is 291 g/mol. The Morgan fingerprint density at radius 1 is 1.55 bits per heavy atom. The maximum atomic E-state index is 11.7. The summed E-state index contributed by atoms with van der Waals surface area (Å²) in [6.07, 6.45) is 4.73. The number of hydrogen-bond donors (Lipinski definition) is 2. The molecule has 2 aromatic rings. The van der Waals surface area contributed by atoms with Crippen LogP contribution in [0.5, 0.6) is 0 Å². The number of nitrogens with one attached hydrogen (secondary N) is 2. The van der Waals surface area contributed by atoms with E-state index in [9.17, 15) is 4.79 Å². The number of carbonyl (C=O) groups excluding carboxylic acids is 1. The molecule has 0 saturated carbocycles. The summed E-state index contributed by atoms with van der Waals surface area (Å²) in [7, 11) is 0. The number of amides is 1. The van der Waals surface area contributed by atoms with E-state index in [0.29, 0.717) is 30.1 Å². The van der Waals surface area contributed by atoms with Gasteiger partial charge in [-0.05, 0) is 30.8 Å². The molecule has 1 amide bonds. The first-order valence-corrected chi connectivity index (χ1v) is 6.95. The first kappa shape index (κ1) is 14.4. The van der Waals surface area contributed by atoms with Gasteiger partial charge in [-0.25, -0.2) is 0 Å². The second-order valence-electron chi connectivity index (χ2n) is 4.35. The van der Waals surface area contributed by atoms with Crippen LogP contribution in [0.3, 0.4) is 0 Å². The standard InChI is InChI=1S/C13H17N5OS/c1-2-6-15-11(19)5-8-18-12(16-17-13(18)20)10-4-3-7-14-9-10/h3-4,7,9H,2,5-6,8H2,1H3,(H,15,19)(H,17,20). The number of rotatable bonds is 6. The van der Waals surface area contributed by atoms with Crippen LogP contribution in [0.15, 0.2) is 24.5 Å². The molecule has 20 heavy (non-hydrogen) atoms. The molecule has 106 valence electrons. The maximum Gasteiger partial charge on any atom is 0.221 e. The molecule has 0 aliphatic heterocycles. The molecule has 0 radical (unpaired) electrons. The molecule has 2 N–H and O–H groups in total. The lowest BCUT2D eigenvalue weighted by Gasteiger charge is -2.07. The van der Waals surface area contributed by atoms with Crippen LogP contribution in [-0.2, 0) is 11.3 Å². The van der Waals surface area contributed by atoms with Gasteiger partial charge in [0, 0.05) is 37.5 Å². The van der Waals surface area contributed by atoms with E-state index >= 15 is 0 Å². The van der Waals surface area contributed by atoms with Gasteiger partial charge in [-0.15, -0.1) is 0 Å². The lowest BCUT2D eigenvalue weighted by molar-refractivity contribution is -0.121. The van der Waals surface area contributed by atoms with E-state index < -0.39 is 0 Å². The largest absolute Gasteiger partial charge is 0.356 e. The van der Waals surface area contributed by atoms with Crippen molar-refractivity contribution in [2.75, 3.05) is 6.54 Å². The Morgan fingerprint density at radius 3 is 3.10 bits per heavy atom. The molecule has 0 aliphatic rings. The zero-order valence-electron chi connectivity index (χ0n) is 11.3. The number of carbonyl (C=O) groups is 1. The van der Waals surface area contributed by atoms with Gasteiger partial charge in [-0.1, -0.05) is 6.92 Å². The van der Waals surface area contributed by atoms with Gasteiger partial charge in [0.2, 0.25) is 5.91 Å². The van der Waals surface area contributed by atoms with Gasteiger partial charge in [0.25, 0.3) is 0 Å². The van der Waals surface area contributed by atoms with Crippen molar-refractivity contribution < 1.29 is 4.79 Å². The monoisotopic (exact) mass is 291 g/mol. The van der Waals surface area contributed by atoms with Crippen molar-refractivity contribution in [2.45, 2.75) is 26.3 Å². The van der Waals surface area contributed by atoms with Crippen LogP contribution >= 0.6 is 12.2 Å². The van der Waals surface area contributed by atoms with Crippen molar-refractivity contribution in [3.05, 3.63) is 29.3 Å². The molecule has 0 atom stereocenters. The zero-order chi connectivity index (χ0) is 14.4. The molecule has 2 heterocycles. The second kappa shape index (κ2) is 6.95. The normalized spacial score (nSPS) is 10.4. The Morgan fingerprint density at radius 2 is 2.40 bits per heavy atom. The van der Waals surface area contributed by atoms with Gasteiger partial charge in [-0.3, -0.25) is 19.4 Å². The Hall–Kier alpha value is -2.02. The molecule has 0 bridgehead atoms. The van der Waals surface area contributed by atoms with E-state index in [2.05, 4.69) is 20.5 Å². The number of aromatic amines is 1. The third-order valence-electron chi connectivity index (χ3n) is 2.81. The molecular formula is C13H17N5OS. The summed E-state index contributed by atoms with van der Waals surface area (Å²) in [6, 6.07) is 3.75. The predicted molar refractivity (Wildman–Crippen MR) is 78.6 cm³/mol. The highest BCUT2D eigenvalue weighted by molar-refractivity contribution is 7.71. The van der Waals surface area contributed by atoms with Crippen LogP contribution in [0.1, 0.15) is 19.8 Å². The smallest absolute Gasteiger partial charge is 0.221 e. The van der Waals surface area contributed by atoms with Crippen molar-refractivity contribution in [1.82, 2.24) is 25.1 Å². The fraction of sp³-hybridized carbons (Fsp3) is 0.385.